The topological polar surface area (TPSA) is 94.2 Å². The van der Waals surface area contributed by atoms with E-state index in [1.54, 1.807) is 24.3 Å². The lowest BCUT2D eigenvalue weighted by atomic mass is 10.1. The number of benzene rings is 3. The molecule has 0 unspecified atom stereocenters. The van der Waals surface area contributed by atoms with Crippen LogP contribution in [0, 0.1) is 13.8 Å². The first-order valence-corrected chi connectivity index (χ1v) is 13.7. The van der Waals surface area contributed by atoms with Gasteiger partial charge in [0.1, 0.15) is 23.9 Å². The maximum Gasteiger partial charge on any atom is 0.251 e. The Hall–Kier alpha value is -3.43. The molecule has 0 radical (unpaired) electrons. The van der Waals surface area contributed by atoms with Gasteiger partial charge < -0.3 is 19.5 Å². The molecule has 1 amide bonds. The maximum atomic E-state index is 12.7. The third kappa shape index (κ3) is 7.30. The first-order valence-electron chi connectivity index (χ1n) is 11.5. The van der Waals surface area contributed by atoms with Crippen LogP contribution < -0.4 is 23.8 Å². The van der Waals surface area contributed by atoms with Crippen LogP contribution in [0.25, 0.3) is 0 Å². The van der Waals surface area contributed by atoms with E-state index in [2.05, 4.69) is 5.32 Å². The highest BCUT2D eigenvalue weighted by Crippen LogP contribution is 2.39. The van der Waals surface area contributed by atoms with Crippen LogP contribution in [0.15, 0.2) is 54.6 Å². The van der Waals surface area contributed by atoms with E-state index in [1.807, 2.05) is 32.0 Å². The predicted molar refractivity (Wildman–Crippen MR) is 146 cm³/mol. The maximum absolute atomic E-state index is 12.7. The number of nitrogens with zero attached hydrogens (tertiary/aromatic N) is 1. The lowest BCUT2D eigenvalue weighted by Gasteiger charge is -2.25. The second kappa shape index (κ2) is 12.2. The summed E-state index contributed by atoms with van der Waals surface area (Å²) >= 11 is 6.18. The highest BCUT2D eigenvalue weighted by atomic mass is 35.5. The number of rotatable bonds is 11. The Morgan fingerprint density at radius 2 is 1.62 bits per heavy atom. The number of sulfonamides is 1. The zero-order chi connectivity index (χ0) is 27.2. The Labute approximate surface area is 223 Å². The summed E-state index contributed by atoms with van der Waals surface area (Å²) in [7, 11) is -0.816. The zero-order valence-electron chi connectivity index (χ0n) is 21.5. The Kier molecular flexibility index (Phi) is 9.29. The van der Waals surface area contributed by atoms with Crippen molar-refractivity contribution in [3.8, 4) is 17.2 Å². The molecule has 198 valence electrons. The summed E-state index contributed by atoms with van der Waals surface area (Å²) in [6.45, 7) is 4.70. The second-order valence-electron chi connectivity index (χ2n) is 8.50. The molecular weight excluding hydrogens is 516 g/mol. The Morgan fingerprint density at radius 1 is 0.946 bits per heavy atom. The number of hydrogen-bond acceptors (Lipinski definition) is 6. The van der Waals surface area contributed by atoms with Crippen molar-refractivity contribution in [2.24, 2.45) is 0 Å². The number of methoxy groups -OCH3 is 2. The molecule has 3 rings (SSSR count). The van der Waals surface area contributed by atoms with Gasteiger partial charge in [0.25, 0.3) is 5.91 Å². The van der Waals surface area contributed by atoms with Gasteiger partial charge in [0.2, 0.25) is 10.0 Å². The zero-order valence-corrected chi connectivity index (χ0v) is 23.1. The lowest BCUT2D eigenvalue weighted by molar-refractivity contribution is 0.0947. The minimum atomic E-state index is -3.69. The second-order valence-corrected chi connectivity index (χ2v) is 10.8. The number of hydrogen-bond donors (Lipinski definition) is 1. The molecule has 8 nitrogen and oxygen atoms in total. The summed E-state index contributed by atoms with van der Waals surface area (Å²) in [4.78, 5) is 12.6. The SMILES string of the molecule is COc1cc(N(Cc2ccc(C(=O)NCCOc3ccc(C)cc3C)cc2)S(C)(=O)=O)c(OC)cc1Cl. The van der Waals surface area contributed by atoms with Gasteiger partial charge in [-0.1, -0.05) is 41.4 Å². The first-order chi connectivity index (χ1) is 17.5. The largest absolute Gasteiger partial charge is 0.495 e. The van der Waals surface area contributed by atoms with Gasteiger partial charge in [-0.2, -0.15) is 0 Å². The molecular formula is C27H31ClN2O6S. The molecule has 0 aliphatic heterocycles. The van der Waals surface area contributed by atoms with E-state index < -0.39 is 10.0 Å². The van der Waals surface area contributed by atoms with Crippen molar-refractivity contribution in [2.45, 2.75) is 20.4 Å². The third-order valence-electron chi connectivity index (χ3n) is 5.64. The van der Waals surface area contributed by atoms with E-state index in [9.17, 15) is 13.2 Å². The Bertz CT molecular complexity index is 1360. The van der Waals surface area contributed by atoms with Crippen LogP contribution in [0.5, 0.6) is 17.2 Å². The number of aryl methyl sites for hydroxylation is 2. The molecule has 3 aromatic rings. The van der Waals surface area contributed by atoms with Gasteiger partial charge >= 0.3 is 0 Å². The molecule has 10 heteroatoms. The quantitative estimate of drug-likeness (QED) is 0.349. The van der Waals surface area contributed by atoms with Crippen molar-refractivity contribution in [3.63, 3.8) is 0 Å². The lowest BCUT2D eigenvalue weighted by Crippen LogP contribution is -2.30. The molecule has 0 bridgehead atoms. The molecule has 37 heavy (non-hydrogen) atoms. The van der Waals surface area contributed by atoms with Gasteiger partial charge in [0.15, 0.2) is 0 Å². The van der Waals surface area contributed by atoms with Gasteiger partial charge in [0.05, 0.1) is 44.3 Å². The van der Waals surface area contributed by atoms with Crippen LogP contribution in [0.1, 0.15) is 27.0 Å². The van der Waals surface area contributed by atoms with Gasteiger partial charge in [-0.3, -0.25) is 9.10 Å². The van der Waals surface area contributed by atoms with Gasteiger partial charge in [-0.05, 0) is 43.2 Å². The summed E-state index contributed by atoms with van der Waals surface area (Å²) in [5.74, 6) is 1.14. The number of carbonyl (C=O) groups is 1. The van der Waals surface area contributed by atoms with Crippen LogP contribution >= 0.6 is 11.6 Å². The van der Waals surface area contributed by atoms with Crippen molar-refractivity contribution in [2.75, 3.05) is 37.9 Å². The summed E-state index contributed by atoms with van der Waals surface area (Å²) < 4.78 is 42.9. The average Bonchev–Trinajstić information content (AvgIpc) is 2.85. The van der Waals surface area contributed by atoms with Crippen molar-refractivity contribution in [1.82, 2.24) is 5.32 Å². The van der Waals surface area contributed by atoms with Crippen LogP contribution in [0.2, 0.25) is 5.02 Å². The summed E-state index contributed by atoms with van der Waals surface area (Å²) in [5.41, 5.74) is 3.62. The number of halogens is 1. The van der Waals surface area contributed by atoms with E-state index in [0.29, 0.717) is 35.1 Å². The number of anilines is 1. The van der Waals surface area contributed by atoms with Crippen molar-refractivity contribution < 1.29 is 27.4 Å². The summed E-state index contributed by atoms with van der Waals surface area (Å²) in [6, 6.07) is 15.7. The van der Waals surface area contributed by atoms with Gasteiger partial charge in [-0.15, -0.1) is 0 Å². The molecule has 0 heterocycles. The van der Waals surface area contributed by atoms with Crippen molar-refractivity contribution in [1.29, 1.82) is 0 Å². The van der Waals surface area contributed by atoms with Crippen molar-refractivity contribution >= 4 is 33.2 Å². The smallest absolute Gasteiger partial charge is 0.251 e. The Morgan fingerprint density at radius 3 is 2.22 bits per heavy atom. The normalized spacial score (nSPS) is 11.1. The molecule has 0 aliphatic carbocycles. The fourth-order valence-corrected chi connectivity index (χ4v) is 4.85. The van der Waals surface area contributed by atoms with Crippen LogP contribution in [-0.2, 0) is 16.6 Å². The van der Waals surface area contributed by atoms with Crippen molar-refractivity contribution in [3.05, 3.63) is 81.9 Å². The van der Waals surface area contributed by atoms with Crippen LogP contribution in [0.4, 0.5) is 5.69 Å². The number of carbonyl (C=O) groups excluding carboxylic acids is 1. The first kappa shape index (κ1) is 28.1. The van der Waals surface area contributed by atoms with Crippen LogP contribution in [-0.4, -0.2) is 48.0 Å². The van der Waals surface area contributed by atoms with E-state index >= 15 is 0 Å². The van der Waals surface area contributed by atoms with E-state index in [0.717, 1.165) is 23.1 Å². The molecule has 0 saturated carbocycles. The summed E-state index contributed by atoms with van der Waals surface area (Å²) in [6.07, 6.45) is 1.11. The van der Waals surface area contributed by atoms with Gasteiger partial charge in [-0.25, -0.2) is 8.42 Å². The molecule has 0 fully saturated rings. The standard InChI is InChI=1S/C27H31ClN2O6S/c1-18-6-11-24(19(2)14-18)36-13-12-29-27(31)21-9-7-20(8-10-21)17-30(37(5,32)33)23-16-25(34-3)22(28)15-26(23)35-4/h6-11,14-16H,12-13,17H2,1-5H3,(H,29,31). The summed E-state index contributed by atoms with van der Waals surface area (Å²) in [5, 5.41) is 3.13. The Balaban J connectivity index is 1.67. The molecule has 0 spiro atoms. The number of amides is 1. The minimum Gasteiger partial charge on any atom is -0.495 e. The van der Waals surface area contributed by atoms with E-state index in [-0.39, 0.29) is 23.9 Å². The predicted octanol–water partition coefficient (Wildman–Crippen LogP) is 4.75. The number of nitrogens with one attached hydrogen (secondary N) is 1. The molecule has 0 saturated heterocycles. The van der Waals surface area contributed by atoms with E-state index in [1.165, 1.54) is 30.7 Å². The third-order valence-corrected chi connectivity index (χ3v) is 7.06. The number of ether oxygens (including phenoxy) is 3. The fraction of sp³-hybridized carbons (Fsp3) is 0.296. The van der Waals surface area contributed by atoms with Crippen LogP contribution in [0.3, 0.4) is 0 Å². The average molecular weight is 547 g/mol. The highest BCUT2D eigenvalue weighted by molar-refractivity contribution is 7.92. The molecule has 0 aliphatic rings. The van der Waals surface area contributed by atoms with E-state index in [4.69, 9.17) is 25.8 Å². The molecule has 0 atom stereocenters. The minimum absolute atomic E-state index is 0.0195. The molecule has 1 N–H and O–H groups in total. The molecule has 0 aromatic heterocycles. The van der Waals surface area contributed by atoms with Gasteiger partial charge in [0, 0.05) is 17.7 Å². The highest BCUT2D eigenvalue weighted by Gasteiger charge is 2.24. The molecule has 3 aromatic carbocycles. The monoisotopic (exact) mass is 546 g/mol. The fourth-order valence-electron chi connectivity index (χ4n) is 3.74.